The molecule has 1 aromatic rings. The molecule has 1 N–H and O–H groups in total. The van der Waals surface area contributed by atoms with E-state index in [0.717, 1.165) is 6.42 Å². The Bertz CT molecular complexity index is 343. The van der Waals surface area contributed by atoms with Crippen LogP contribution in [0.3, 0.4) is 0 Å². The number of carbonyl (C=O) groups is 1. The van der Waals surface area contributed by atoms with Gasteiger partial charge in [0, 0.05) is 12.5 Å². The maximum absolute atomic E-state index is 10.9. The summed E-state index contributed by atoms with van der Waals surface area (Å²) in [6.07, 6.45) is 5.68. The Hall–Kier alpha value is -1.57. The zero-order chi connectivity index (χ0) is 9.80. The molecular formula is C12H13NO. The Morgan fingerprint density at radius 2 is 2.07 bits per heavy atom. The first-order chi connectivity index (χ1) is 6.84. The van der Waals surface area contributed by atoms with Gasteiger partial charge in [0.15, 0.2) is 0 Å². The highest BCUT2D eigenvalue weighted by molar-refractivity contribution is 5.79. The van der Waals surface area contributed by atoms with Crippen molar-refractivity contribution in [2.45, 2.75) is 18.9 Å². The predicted molar refractivity (Wildman–Crippen MR) is 56.6 cm³/mol. The van der Waals surface area contributed by atoms with Gasteiger partial charge in [0.1, 0.15) is 0 Å². The van der Waals surface area contributed by atoms with Crippen LogP contribution in [0.25, 0.3) is 6.08 Å². The lowest BCUT2D eigenvalue weighted by Crippen LogP contribution is -2.22. The minimum absolute atomic E-state index is 0.160. The van der Waals surface area contributed by atoms with Crippen LogP contribution in [0.5, 0.6) is 0 Å². The standard InChI is InChI=1S/C12H13NO/c14-12-9-8-11(13-12)7-6-10-4-2-1-3-5-10/h1-7,11H,8-9H2,(H,13,14). The first-order valence-electron chi connectivity index (χ1n) is 4.87. The molecule has 0 radical (unpaired) electrons. The third kappa shape index (κ3) is 2.22. The molecule has 2 heteroatoms. The smallest absolute Gasteiger partial charge is 0.220 e. The topological polar surface area (TPSA) is 29.1 Å². The minimum atomic E-state index is 0.160. The van der Waals surface area contributed by atoms with E-state index in [4.69, 9.17) is 0 Å². The Balaban J connectivity index is 1.97. The van der Waals surface area contributed by atoms with Crippen LogP contribution in [0, 0.1) is 0 Å². The second-order valence-corrected chi connectivity index (χ2v) is 3.48. The van der Waals surface area contributed by atoms with E-state index in [-0.39, 0.29) is 11.9 Å². The molecule has 14 heavy (non-hydrogen) atoms. The van der Waals surface area contributed by atoms with Crippen molar-refractivity contribution in [2.75, 3.05) is 0 Å². The van der Waals surface area contributed by atoms with Gasteiger partial charge in [-0.2, -0.15) is 0 Å². The van der Waals surface area contributed by atoms with Crippen molar-refractivity contribution in [1.29, 1.82) is 0 Å². The highest BCUT2D eigenvalue weighted by atomic mass is 16.1. The Morgan fingerprint density at radius 3 is 2.71 bits per heavy atom. The summed E-state index contributed by atoms with van der Waals surface area (Å²) in [5.74, 6) is 0.160. The summed E-state index contributed by atoms with van der Waals surface area (Å²) in [4.78, 5) is 10.9. The third-order valence-electron chi connectivity index (χ3n) is 2.35. The quantitative estimate of drug-likeness (QED) is 0.753. The lowest BCUT2D eigenvalue weighted by Gasteiger charge is -2.01. The fourth-order valence-corrected chi connectivity index (χ4v) is 1.57. The first-order valence-corrected chi connectivity index (χ1v) is 4.87. The van der Waals surface area contributed by atoms with Crippen LogP contribution in [-0.2, 0) is 4.79 Å². The number of nitrogens with one attached hydrogen (secondary N) is 1. The second kappa shape index (κ2) is 4.09. The van der Waals surface area contributed by atoms with Crippen molar-refractivity contribution in [3.8, 4) is 0 Å². The van der Waals surface area contributed by atoms with Crippen molar-refractivity contribution in [3.63, 3.8) is 0 Å². The number of hydrogen-bond acceptors (Lipinski definition) is 1. The molecule has 0 spiro atoms. The van der Waals surface area contributed by atoms with Crippen LogP contribution < -0.4 is 5.32 Å². The van der Waals surface area contributed by atoms with Crippen LogP contribution >= 0.6 is 0 Å². The molecule has 1 amide bonds. The van der Waals surface area contributed by atoms with Crippen molar-refractivity contribution >= 4 is 12.0 Å². The molecule has 1 heterocycles. The largest absolute Gasteiger partial charge is 0.350 e. The maximum Gasteiger partial charge on any atom is 0.220 e. The SMILES string of the molecule is O=C1CCC(C=Cc2ccccc2)N1. The van der Waals surface area contributed by atoms with Crippen molar-refractivity contribution in [3.05, 3.63) is 42.0 Å². The lowest BCUT2D eigenvalue weighted by molar-refractivity contribution is -0.119. The summed E-state index contributed by atoms with van der Waals surface area (Å²) in [5.41, 5.74) is 1.17. The summed E-state index contributed by atoms with van der Waals surface area (Å²) in [6.45, 7) is 0. The van der Waals surface area contributed by atoms with Gasteiger partial charge in [-0.25, -0.2) is 0 Å². The number of rotatable bonds is 2. The molecule has 1 atom stereocenters. The fourth-order valence-electron chi connectivity index (χ4n) is 1.57. The monoisotopic (exact) mass is 187 g/mol. The van der Waals surface area contributed by atoms with Crippen LogP contribution in [0.15, 0.2) is 36.4 Å². The predicted octanol–water partition coefficient (Wildman–Crippen LogP) is 1.98. The average Bonchev–Trinajstić information content (AvgIpc) is 2.63. The molecule has 1 saturated heterocycles. The van der Waals surface area contributed by atoms with E-state index in [9.17, 15) is 4.79 Å². The van der Waals surface area contributed by atoms with Crippen LogP contribution in [0.4, 0.5) is 0 Å². The highest BCUT2D eigenvalue weighted by Crippen LogP contribution is 2.10. The van der Waals surface area contributed by atoms with Gasteiger partial charge in [0.25, 0.3) is 0 Å². The molecule has 2 rings (SSSR count). The highest BCUT2D eigenvalue weighted by Gasteiger charge is 2.17. The fraction of sp³-hybridized carbons (Fsp3) is 0.250. The molecule has 0 saturated carbocycles. The first kappa shape index (κ1) is 9.00. The Labute approximate surface area is 83.6 Å². The van der Waals surface area contributed by atoms with Crippen molar-refractivity contribution in [2.24, 2.45) is 0 Å². The summed E-state index contributed by atoms with van der Waals surface area (Å²) >= 11 is 0. The molecule has 1 unspecified atom stereocenters. The van der Waals surface area contributed by atoms with Gasteiger partial charge in [0.2, 0.25) is 5.91 Å². The van der Waals surface area contributed by atoms with Gasteiger partial charge in [0.05, 0.1) is 0 Å². The third-order valence-corrected chi connectivity index (χ3v) is 2.35. The van der Waals surface area contributed by atoms with E-state index in [1.54, 1.807) is 0 Å². The lowest BCUT2D eigenvalue weighted by atomic mass is 10.1. The van der Waals surface area contributed by atoms with Gasteiger partial charge in [-0.3, -0.25) is 4.79 Å². The van der Waals surface area contributed by atoms with E-state index < -0.39 is 0 Å². The maximum atomic E-state index is 10.9. The molecule has 0 aliphatic carbocycles. The van der Waals surface area contributed by atoms with E-state index >= 15 is 0 Å². The van der Waals surface area contributed by atoms with Crippen LogP contribution in [0.2, 0.25) is 0 Å². The molecule has 0 bridgehead atoms. The van der Waals surface area contributed by atoms with Crippen molar-refractivity contribution < 1.29 is 4.79 Å². The molecule has 1 aliphatic rings. The Morgan fingerprint density at radius 1 is 1.29 bits per heavy atom. The molecule has 72 valence electrons. The normalized spacial score (nSPS) is 21.4. The van der Waals surface area contributed by atoms with Gasteiger partial charge in [-0.15, -0.1) is 0 Å². The van der Waals surface area contributed by atoms with Gasteiger partial charge in [-0.1, -0.05) is 42.5 Å². The zero-order valence-corrected chi connectivity index (χ0v) is 7.94. The van der Waals surface area contributed by atoms with E-state index in [1.165, 1.54) is 5.56 Å². The van der Waals surface area contributed by atoms with Crippen LogP contribution in [-0.4, -0.2) is 11.9 Å². The van der Waals surface area contributed by atoms with E-state index in [1.807, 2.05) is 30.3 Å². The summed E-state index contributed by atoms with van der Waals surface area (Å²) in [6, 6.07) is 10.3. The number of benzene rings is 1. The van der Waals surface area contributed by atoms with Crippen LogP contribution in [0.1, 0.15) is 18.4 Å². The van der Waals surface area contributed by atoms with Gasteiger partial charge < -0.3 is 5.32 Å². The average molecular weight is 187 g/mol. The molecule has 1 fully saturated rings. The van der Waals surface area contributed by atoms with E-state index in [0.29, 0.717) is 6.42 Å². The van der Waals surface area contributed by atoms with Gasteiger partial charge >= 0.3 is 0 Å². The number of amides is 1. The molecule has 2 nitrogen and oxygen atoms in total. The summed E-state index contributed by atoms with van der Waals surface area (Å²) in [5, 5.41) is 2.90. The molecule has 1 aliphatic heterocycles. The number of hydrogen-bond donors (Lipinski definition) is 1. The molecule has 1 aromatic carbocycles. The minimum Gasteiger partial charge on any atom is -0.350 e. The number of carbonyl (C=O) groups excluding carboxylic acids is 1. The molecular weight excluding hydrogens is 174 g/mol. The summed E-state index contributed by atoms with van der Waals surface area (Å²) < 4.78 is 0. The van der Waals surface area contributed by atoms with Crippen molar-refractivity contribution in [1.82, 2.24) is 5.32 Å². The van der Waals surface area contributed by atoms with Gasteiger partial charge in [-0.05, 0) is 12.0 Å². The Kier molecular flexibility index (Phi) is 2.63. The second-order valence-electron chi connectivity index (χ2n) is 3.48. The zero-order valence-electron chi connectivity index (χ0n) is 7.94. The molecule has 0 aromatic heterocycles. The summed E-state index contributed by atoms with van der Waals surface area (Å²) in [7, 11) is 0. The van der Waals surface area contributed by atoms with E-state index in [2.05, 4.69) is 17.5 Å².